The Morgan fingerprint density at radius 3 is 2.23 bits per heavy atom. The van der Waals surface area contributed by atoms with E-state index < -0.39 is 15.8 Å². The van der Waals surface area contributed by atoms with Crippen molar-refractivity contribution < 1.29 is 12.8 Å². The first kappa shape index (κ1) is 20.2. The molecule has 1 aliphatic rings. The molecule has 0 bridgehead atoms. The Morgan fingerprint density at radius 1 is 0.900 bits per heavy atom. The van der Waals surface area contributed by atoms with E-state index >= 15 is 0 Å². The highest BCUT2D eigenvalue weighted by atomic mass is 32.2. The van der Waals surface area contributed by atoms with E-state index in [4.69, 9.17) is 0 Å². The van der Waals surface area contributed by atoms with Crippen LogP contribution in [0.1, 0.15) is 0 Å². The summed E-state index contributed by atoms with van der Waals surface area (Å²) < 4.78 is 41.0. The first-order valence-electron chi connectivity index (χ1n) is 9.57. The molecule has 0 radical (unpaired) electrons. The molecule has 0 atom stereocenters. The second-order valence-corrected chi connectivity index (χ2v) is 8.83. The Balaban J connectivity index is 1.46. The maximum Gasteiger partial charge on any atom is 0.264 e. The monoisotopic (exact) mass is 427 g/mol. The average Bonchev–Trinajstić information content (AvgIpc) is 2.75. The Morgan fingerprint density at radius 2 is 1.60 bits per heavy atom. The van der Waals surface area contributed by atoms with Gasteiger partial charge in [0.15, 0.2) is 5.82 Å². The number of piperazine rings is 1. The molecule has 1 N–H and O–H groups in total. The van der Waals surface area contributed by atoms with Crippen LogP contribution >= 0.6 is 0 Å². The van der Waals surface area contributed by atoms with Gasteiger partial charge in [-0.3, -0.25) is 4.72 Å². The number of rotatable bonds is 5. The summed E-state index contributed by atoms with van der Waals surface area (Å²) in [6.07, 6.45) is 0. The van der Waals surface area contributed by atoms with Crippen molar-refractivity contribution in [3.05, 3.63) is 66.5 Å². The van der Waals surface area contributed by atoms with Crippen molar-refractivity contribution in [2.45, 2.75) is 4.90 Å². The maximum atomic E-state index is 13.8. The molecule has 3 aromatic rings. The zero-order chi connectivity index (χ0) is 21.1. The van der Waals surface area contributed by atoms with Crippen LogP contribution in [0, 0.1) is 5.82 Å². The minimum atomic E-state index is -4.01. The number of nitrogens with one attached hydrogen (secondary N) is 1. The van der Waals surface area contributed by atoms with Crippen molar-refractivity contribution in [2.24, 2.45) is 0 Å². The smallest absolute Gasteiger partial charge is 0.264 e. The molecule has 2 aromatic carbocycles. The molecule has 4 rings (SSSR count). The number of sulfonamides is 1. The molecule has 9 heteroatoms. The molecule has 1 saturated heterocycles. The summed E-state index contributed by atoms with van der Waals surface area (Å²) in [5.41, 5.74) is 1.83. The molecule has 0 unspecified atom stereocenters. The van der Waals surface area contributed by atoms with Crippen molar-refractivity contribution in [1.29, 1.82) is 0 Å². The number of nitrogens with zero attached hydrogens (tertiary/aromatic N) is 4. The summed E-state index contributed by atoms with van der Waals surface area (Å²) >= 11 is 0. The van der Waals surface area contributed by atoms with Crippen LogP contribution in [0.15, 0.2) is 65.6 Å². The number of hydrogen-bond donors (Lipinski definition) is 1. The molecule has 1 fully saturated rings. The van der Waals surface area contributed by atoms with Gasteiger partial charge in [-0.2, -0.15) is 0 Å². The van der Waals surface area contributed by atoms with Crippen molar-refractivity contribution in [1.82, 2.24) is 15.1 Å². The van der Waals surface area contributed by atoms with Crippen molar-refractivity contribution in [2.75, 3.05) is 42.8 Å². The Kier molecular flexibility index (Phi) is 5.65. The van der Waals surface area contributed by atoms with Gasteiger partial charge in [-0.05, 0) is 43.4 Å². The second kappa shape index (κ2) is 8.37. The molecule has 1 aromatic heterocycles. The van der Waals surface area contributed by atoms with Crippen LogP contribution in [0.3, 0.4) is 0 Å². The van der Waals surface area contributed by atoms with Gasteiger partial charge in [-0.25, -0.2) is 12.8 Å². The van der Waals surface area contributed by atoms with Gasteiger partial charge in [0.2, 0.25) is 0 Å². The van der Waals surface area contributed by atoms with Gasteiger partial charge in [-0.1, -0.05) is 24.3 Å². The predicted octanol–water partition coefficient (Wildman–Crippen LogP) is 2.84. The normalized spacial score (nSPS) is 15.2. The molecule has 156 valence electrons. The van der Waals surface area contributed by atoms with Crippen LogP contribution in [0.25, 0.3) is 11.3 Å². The third-order valence-corrected chi connectivity index (χ3v) is 6.45. The fraction of sp³-hybridized carbons (Fsp3) is 0.238. The van der Waals surface area contributed by atoms with Gasteiger partial charge in [0, 0.05) is 37.4 Å². The van der Waals surface area contributed by atoms with Crippen LogP contribution in [0.4, 0.5) is 15.9 Å². The Labute approximate surface area is 175 Å². The van der Waals surface area contributed by atoms with E-state index in [0.717, 1.165) is 43.6 Å². The third-order valence-electron chi connectivity index (χ3n) is 5.04. The summed E-state index contributed by atoms with van der Waals surface area (Å²) in [7, 11) is -1.90. The highest BCUT2D eigenvalue weighted by molar-refractivity contribution is 7.92. The van der Waals surface area contributed by atoms with Crippen molar-refractivity contribution in [3.63, 3.8) is 0 Å². The topological polar surface area (TPSA) is 78.4 Å². The number of benzene rings is 2. The summed E-state index contributed by atoms with van der Waals surface area (Å²) in [6, 6.07) is 15.8. The van der Waals surface area contributed by atoms with E-state index in [0.29, 0.717) is 11.4 Å². The van der Waals surface area contributed by atoms with Gasteiger partial charge in [-0.15, -0.1) is 10.2 Å². The third kappa shape index (κ3) is 4.42. The first-order valence-corrected chi connectivity index (χ1v) is 11.1. The Hall–Kier alpha value is -3.04. The maximum absolute atomic E-state index is 13.8. The van der Waals surface area contributed by atoms with E-state index in [9.17, 15) is 12.8 Å². The standard InChI is InChI=1S/C21H22FN5O2S/c1-26-12-14-27(15-13-26)21-11-10-19(23-24-21)16-6-8-17(9-7-16)25-30(28,29)20-5-3-2-4-18(20)22/h2-11,25H,12-15H2,1H3. The van der Waals surface area contributed by atoms with Crippen molar-refractivity contribution >= 4 is 21.5 Å². The molecule has 1 aliphatic heterocycles. The van der Waals surface area contributed by atoms with E-state index in [1.807, 2.05) is 12.1 Å². The van der Waals surface area contributed by atoms with Gasteiger partial charge in [0.05, 0.1) is 5.69 Å². The summed E-state index contributed by atoms with van der Waals surface area (Å²) in [4.78, 5) is 4.09. The number of anilines is 2. The van der Waals surface area contributed by atoms with Crippen LogP contribution in [0.5, 0.6) is 0 Å². The minimum Gasteiger partial charge on any atom is -0.353 e. The second-order valence-electron chi connectivity index (χ2n) is 7.18. The summed E-state index contributed by atoms with van der Waals surface area (Å²) in [5, 5.41) is 8.65. The number of aromatic nitrogens is 2. The predicted molar refractivity (Wildman–Crippen MR) is 114 cm³/mol. The molecular formula is C21H22FN5O2S. The van der Waals surface area contributed by atoms with E-state index in [-0.39, 0.29) is 4.90 Å². The molecule has 0 spiro atoms. The molecule has 30 heavy (non-hydrogen) atoms. The van der Waals surface area contributed by atoms with Crippen LogP contribution in [0.2, 0.25) is 0 Å². The van der Waals surface area contributed by atoms with Gasteiger partial charge in [0.1, 0.15) is 10.7 Å². The zero-order valence-electron chi connectivity index (χ0n) is 16.5. The fourth-order valence-electron chi connectivity index (χ4n) is 3.27. The SMILES string of the molecule is CN1CCN(c2ccc(-c3ccc(NS(=O)(=O)c4ccccc4F)cc3)nn2)CC1. The fourth-order valence-corrected chi connectivity index (χ4v) is 4.40. The van der Waals surface area contributed by atoms with E-state index in [1.165, 1.54) is 18.2 Å². The molecule has 7 nitrogen and oxygen atoms in total. The Bertz CT molecular complexity index is 1110. The van der Waals surface area contributed by atoms with Crippen LogP contribution in [-0.2, 0) is 10.0 Å². The van der Waals surface area contributed by atoms with Gasteiger partial charge in [0.25, 0.3) is 10.0 Å². The molecule has 0 saturated carbocycles. The molecule has 0 aliphatic carbocycles. The minimum absolute atomic E-state index is 0.337. The van der Waals surface area contributed by atoms with E-state index in [1.54, 1.807) is 24.3 Å². The summed E-state index contributed by atoms with van der Waals surface area (Å²) in [5.74, 6) is 0.0541. The van der Waals surface area contributed by atoms with Gasteiger partial charge >= 0.3 is 0 Å². The van der Waals surface area contributed by atoms with E-state index in [2.05, 4.69) is 31.8 Å². The highest BCUT2D eigenvalue weighted by Crippen LogP contribution is 2.23. The summed E-state index contributed by atoms with van der Waals surface area (Å²) in [6.45, 7) is 3.82. The largest absolute Gasteiger partial charge is 0.353 e. The lowest BCUT2D eigenvalue weighted by molar-refractivity contribution is 0.312. The van der Waals surface area contributed by atoms with Crippen molar-refractivity contribution in [3.8, 4) is 11.3 Å². The quantitative estimate of drug-likeness (QED) is 0.675. The van der Waals surface area contributed by atoms with Crippen LogP contribution < -0.4 is 9.62 Å². The number of likely N-dealkylation sites (N-methyl/N-ethyl adjacent to an activating group) is 1. The zero-order valence-corrected chi connectivity index (χ0v) is 17.3. The van der Waals surface area contributed by atoms with Crippen LogP contribution in [-0.4, -0.2) is 56.7 Å². The lowest BCUT2D eigenvalue weighted by Gasteiger charge is -2.32. The molecule has 0 amide bonds. The highest BCUT2D eigenvalue weighted by Gasteiger charge is 2.19. The number of halogens is 1. The van der Waals surface area contributed by atoms with Gasteiger partial charge < -0.3 is 9.80 Å². The number of hydrogen-bond acceptors (Lipinski definition) is 6. The lowest BCUT2D eigenvalue weighted by atomic mass is 10.1. The lowest BCUT2D eigenvalue weighted by Crippen LogP contribution is -2.44. The average molecular weight is 428 g/mol. The first-order chi connectivity index (χ1) is 14.4. The molecular weight excluding hydrogens is 405 g/mol. The molecule has 2 heterocycles.